The third kappa shape index (κ3) is 6.05. The number of nitrogens with zero attached hydrogens (tertiary/aromatic N) is 2. The van der Waals surface area contributed by atoms with Gasteiger partial charge in [0.25, 0.3) is 0 Å². The molecule has 2 heterocycles. The molecule has 0 atom stereocenters. The average molecular weight is 829 g/mol. The van der Waals surface area contributed by atoms with E-state index in [1.54, 1.807) is 0 Å². The van der Waals surface area contributed by atoms with Crippen LogP contribution in [-0.2, 0) is 0 Å². The van der Waals surface area contributed by atoms with Gasteiger partial charge in [-0.1, -0.05) is 176 Å². The Labute approximate surface area is 376 Å². The van der Waals surface area contributed by atoms with E-state index >= 15 is 0 Å². The van der Waals surface area contributed by atoms with Crippen LogP contribution in [0.4, 0.5) is 17.1 Å². The van der Waals surface area contributed by atoms with Crippen molar-refractivity contribution in [3.8, 4) is 39.1 Å². The van der Waals surface area contributed by atoms with Gasteiger partial charge < -0.3 is 13.9 Å². The Morgan fingerprint density at radius 1 is 0.323 bits per heavy atom. The predicted molar refractivity (Wildman–Crippen MR) is 274 cm³/mol. The van der Waals surface area contributed by atoms with E-state index in [1.807, 2.05) is 6.07 Å². The summed E-state index contributed by atoms with van der Waals surface area (Å²) in [5, 5.41) is 9.74. The van der Waals surface area contributed by atoms with Crippen molar-refractivity contribution in [1.29, 1.82) is 0 Å². The van der Waals surface area contributed by atoms with Gasteiger partial charge in [-0.15, -0.1) is 0 Å². The summed E-state index contributed by atoms with van der Waals surface area (Å²) in [4.78, 5) is 2.37. The quantitative estimate of drug-likeness (QED) is 0.149. The minimum Gasteiger partial charge on any atom is -0.456 e. The van der Waals surface area contributed by atoms with Gasteiger partial charge in [-0.3, -0.25) is 0 Å². The highest BCUT2D eigenvalue weighted by atomic mass is 16.3. The predicted octanol–water partition coefficient (Wildman–Crippen LogP) is 17.5. The Bertz CT molecular complexity index is 3880. The summed E-state index contributed by atoms with van der Waals surface area (Å²) < 4.78 is 8.83. The first kappa shape index (κ1) is 36.9. The topological polar surface area (TPSA) is 21.3 Å². The first-order chi connectivity index (χ1) is 32.2. The summed E-state index contributed by atoms with van der Waals surface area (Å²) in [6.45, 7) is 0. The van der Waals surface area contributed by atoms with Gasteiger partial charge >= 0.3 is 0 Å². The molecular formula is C62H40N2O. The third-order valence-electron chi connectivity index (χ3n) is 13.2. The highest BCUT2D eigenvalue weighted by molar-refractivity contribution is 6.15. The smallest absolute Gasteiger partial charge is 0.137 e. The number of fused-ring (bicyclic) bond motifs is 9. The van der Waals surface area contributed by atoms with Gasteiger partial charge in [0.1, 0.15) is 11.2 Å². The van der Waals surface area contributed by atoms with Crippen LogP contribution in [0.3, 0.4) is 0 Å². The zero-order valence-corrected chi connectivity index (χ0v) is 35.4. The molecule has 0 N–H and O–H groups in total. The molecule has 0 radical (unpaired) electrons. The van der Waals surface area contributed by atoms with Crippen molar-refractivity contribution in [3.63, 3.8) is 0 Å². The van der Waals surface area contributed by atoms with Gasteiger partial charge in [-0.2, -0.15) is 0 Å². The normalized spacial score (nSPS) is 11.7. The van der Waals surface area contributed by atoms with Crippen LogP contribution in [0.2, 0.25) is 0 Å². The van der Waals surface area contributed by atoms with E-state index < -0.39 is 0 Å². The zero-order chi connectivity index (χ0) is 42.8. The van der Waals surface area contributed by atoms with Crippen LogP contribution in [-0.4, -0.2) is 4.57 Å². The molecule has 3 nitrogen and oxygen atoms in total. The lowest BCUT2D eigenvalue weighted by Gasteiger charge is -2.27. The molecule has 65 heavy (non-hydrogen) atoms. The fourth-order valence-electron chi connectivity index (χ4n) is 10.2. The van der Waals surface area contributed by atoms with Crippen molar-refractivity contribution < 1.29 is 4.42 Å². The molecule has 0 amide bonds. The maximum absolute atomic E-state index is 6.42. The number of furan rings is 1. The maximum atomic E-state index is 6.42. The summed E-state index contributed by atoms with van der Waals surface area (Å²) in [6.07, 6.45) is 0. The number of anilines is 3. The third-order valence-corrected chi connectivity index (χ3v) is 13.2. The van der Waals surface area contributed by atoms with Crippen molar-refractivity contribution in [3.05, 3.63) is 243 Å². The SMILES string of the molecule is c1ccc(-n2c3ccccc3c3ccccc32)c(-c2ccc(-c3ccc(N(c4ccc(-c5cc6ccccc6c6ccccc56)cc4)c4cccc5oc6ccccc6c45)cc3)cc2)c1. The van der Waals surface area contributed by atoms with E-state index in [9.17, 15) is 0 Å². The van der Waals surface area contributed by atoms with Gasteiger partial charge in [0.05, 0.1) is 27.8 Å². The van der Waals surface area contributed by atoms with Crippen molar-refractivity contribution in [2.45, 2.75) is 0 Å². The molecule has 2 aromatic heterocycles. The van der Waals surface area contributed by atoms with E-state index in [-0.39, 0.29) is 0 Å². The van der Waals surface area contributed by atoms with E-state index in [1.165, 1.54) is 71.3 Å². The monoisotopic (exact) mass is 828 g/mol. The van der Waals surface area contributed by atoms with Crippen LogP contribution in [0.15, 0.2) is 247 Å². The fraction of sp³-hybridized carbons (Fsp3) is 0. The van der Waals surface area contributed by atoms with E-state index in [2.05, 4.69) is 246 Å². The standard InChI is InChI=1S/C62H40N2O/c1-2-15-48-45(14-1)40-55(51-18-4-3-17-50(48)51)44-34-38-47(39-35-44)63(59-25-13-27-61-62(59)54-21-8-12-26-60(54)65-61)46-36-32-42(33-37-46)41-28-30-43(31-29-41)49-16-5-9-22-56(49)64-57-23-10-6-19-52(57)53-20-7-11-24-58(53)64/h1-40H. The molecule has 0 bridgehead atoms. The maximum Gasteiger partial charge on any atom is 0.137 e. The second kappa shape index (κ2) is 15.0. The number of hydrogen-bond acceptors (Lipinski definition) is 2. The Morgan fingerprint density at radius 2 is 0.815 bits per heavy atom. The van der Waals surface area contributed by atoms with Gasteiger partial charge in [-0.25, -0.2) is 0 Å². The molecule has 0 fully saturated rings. The Hall–Kier alpha value is -8.66. The van der Waals surface area contributed by atoms with Crippen molar-refractivity contribution in [2.75, 3.05) is 4.90 Å². The summed E-state index contributed by atoms with van der Waals surface area (Å²) >= 11 is 0. The number of hydrogen-bond donors (Lipinski definition) is 0. The van der Waals surface area contributed by atoms with E-state index in [4.69, 9.17) is 4.42 Å². The number of aromatic nitrogens is 1. The molecule has 304 valence electrons. The highest BCUT2D eigenvalue weighted by Crippen LogP contribution is 2.45. The largest absolute Gasteiger partial charge is 0.456 e. The number of benzene rings is 11. The summed E-state index contributed by atoms with van der Waals surface area (Å²) in [5.41, 5.74) is 15.6. The first-order valence-electron chi connectivity index (χ1n) is 22.2. The lowest BCUT2D eigenvalue weighted by molar-refractivity contribution is 0.669. The van der Waals surface area contributed by atoms with Crippen LogP contribution >= 0.6 is 0 Å². The molecule has 0 saturated heterocycles. The molecule has 0 saturated carbocycles. The average Bonchev–Trinajstić information content (AvgIpc) is 3.93. The number of para-hydroxylation sites is 4. The lowest BCUT2D eigenvalue weighted by atomic mass is 9.93. The van der Waals surface area contributed by atoms with E-state index in [0.717, 1.165) is 50.1 Å². The summed E-state index contributed by atoms with van der Waals surface area (Å²) in [6, 6.07) is 87.6. The number of rotatable bonds is 7. The molecule has 0 aliphatic rings. The van der Waals surface area contributed by atoms with E-state index in [0.29, 0.717) is 0 Å². The Kier molecular flexibility index (Phi) is 8.53. The molecule has 0 unspecified atom stereocenters. The van der Waals surface area contributed by atoms with Crippen molar-refractivity contribution in [1.82, 2.24) is 4.57 Å². The lowest BCUT2D eigenvalue weighted by Crippen LogP contribution is -2.10. The van der Waals surface area contributed by atoms with Gasteiger partial charge in [0.2, 0.25) is 0 Å². The van der Waals surface area contributed by atoms with Crippen LogP contribution in [0, 0.1) is 0 Å². The zero-order valence-electron chi connectivity index (χ0n) is 35.4. The van der Waals surface area contributed by atoms with Crippen LogP contribution < -0.4 is 4.90 Å². The van der Waals surface area contributed by atoms with Crippen LogP contribution in [0.5, 0.6) is 0 Å². The summed E-state index contributed by atoms with van der Waals surface area (Å²) in [5.74, 6) is 0. The molecule has 11 aromatic carbocycles. The molecular weight excluding hydrogens is 789 g/mol. The van der Waals surface area contributed by atoms with Gasteiger partial charge in [0.15, 0.2) is 0 Å². The molecule has 13 aromatic rings. The van der Waals surface area contributed by atoms with Crippen molar-refractivity contribution in [2.24, 2.45) is 0 Å². The fourth-order valence-corrected chi connectivity index (χ4v) is 10.2. The second-order valence-electron chi connectivity index (χ2n) is 16.8. The molecule has 0 aliphatic carbocycles. The van der Waals surface area contributed by atoms with Crippen LogP contribution in [0.1, 0.15) is 0 Å². The summed E-state index contributed by atoms with van der Waals surface area (Å²) in [7, 11) is 0. The minimum atomic E-state index is 0.865. The van der Waals surface area contributed by atoms with Gasteiger partial charge in [-0.05, 0) is 116 Å². The second-order valence-corrected chi connectivity index (χ2v) is 16.8. The Balaban J connectivity index is 0.887. The molecule has 0 aliphatic heterocycles. The first-order valence-corrected chi connectivity index (χ1v) is 22.2. The highest BCUT2D eigenvalue weighted by Gasteiger charge is 2.21. The van der Waals surface area contributed by atoms with Gasteiger partial charge in [0, 0.05) is 33.1 Å². The molecule has 13 rings (SSSR count). The van der Waals surface area contributed by atoms with Crippen LogP contribution in [0.25, 0.3) is 104 Å². The molecule has 0 spiro atoms. The Morgan fingerprint density at radius 3 is 1.52 bits per heavy atom. The minimum absolute atomic E-state index is 0.865. The van der Waals surface area contributed by atoms with Crippen molar-refractivity contribution >= 4 is 82.4 Å². The molecule has 3 heteroatoms.